The molecule has 2 N–H and O–H groups in total. The second-order valence-electron chi connectivity index (χ2n) is 8.25. The lowest BCUT2D eigenvalue weighted by Gasteiger charge is -2.34. The first-order valence-corrected chi connectivity index (χ1v) is 9.83. The molecule has 1 saturated carbocycles. The summed E-state index contributed by atoms with van der Waals surface area (Å²) in [7, 11) is 1.71. The van der Waals surface area contributed by atoms with Crippen molar-refractivity contribution in [3.8, 4) is 5.75 Å². The summed E-state index contributed by atoms with van der Waals surface area (Å²) in [5.74, 6) is 1.12. The number of halogens is 1. The van der Waals surface area contributed by atoms with Crippen LogP contribution in [-0.4, -0.2) is 31.1 Å². The van der Waals surface area contributed by atoms with Gasteiger partial charge in [-0.25, -0.2) is 0 Å². The van der Waals surface area contributed by atoms with Crippen molar-refractivity contribution in [3.63, 3.8) is 0 Å². The molecule has 2 unspecified atom stereocenters. The lowest BCUT2D eigenvalue weighted by molar-refractivity contribution is -0.127. The molecular weight excluding hydrogens is 348 g/mol. The Morgan fingerprint density at radius 1 is 1.19 bits per heavy atom. The molecule has 4 rings (SSSR count). The fourth-order valence-corrected chi connectivity index (χ4v) is 5.24. The van der Waals surface area contributed by atoms with Gasteiger partial charge in [-0.1, -0.05) is 25.0 Å². The number of methoxy groups -OCH3 is 1. The molecule has 0 spiro atoms. The third-order valence-corrected chi connectivity index (χ3v) is 6.66. The minimum atomic E-state index is -0.370. The molecule has 3 fully saturated rings. The van der Waals surface area contributed by atoms with Gasteiger partial charge in [-0.05, 0) is 62.6 Å². The molecule has 1 amide bonds. The van der Waals surface area contributed by atoms with Crippen LogP contribution in [0.3, 0.4) is 0 Å². The van der Waals surface area contributed by atoms with E-state index >= 15 is 0 Å². The van der Waals surface area contributed by atoms with Crippen molar-refractivity contribution < 1.29 is 9.53 Å². The van der Waals surface area contributed by atoms with Gasteiger partial charge in [0.1, 0.15) is 5.75 Å². The summed E-state index contributed by atoms with van der Waals surface area (Å²) in [6, 6.07) is 7.84. The summed E-state index contributed by atoms with van der Waals surface area (Å²) < 4.78 is 5.52. The summed E-state index contributed by atoms with van der Waals surface area (Å²) in [5, 5.41) is 7.09. The van der Waals surface area contributed by atoms with E-state index in [1.165, 1.54) is 12.8 Å². The van der Waals surface area contributed by atoms with Gasteiger partial charge in [0.25, 0.3) is 0 Å². The van der Waals surface area contributed by atoms with E-state index in [1.54, 1.807) is 7.11 Å². The van der Waals surface area contributed by atoms with E-state index in [4.69, 9.17) is 4.74 Å². The van der Waals surface area contributed by atoms with Crippen molar-refractivity contribution in [2.75, 3.05) is 7.11 Å². The number of piperidine rings is 1. The Morgan fingerprint density at radius 2 is 1.85 bits per heavy atom. The normalized spacial score (nSPS) is 29.1. The van der Waals surface area contributed by atoms with E-state index in [-0.39, 0.29) is 23.7 Å². The maximum atomic E-state index is 13.4. The van der Waals surface area contributed by atoms with Crippen LogP contribution in [0.25, 0.3) is 0 Å². The number of carbonyl (C=O) groups is 1. The van der Waals surface area contributed by atoms with Crippen LogP contribution in [-0.2, 0) is 10.2 Å². The molecule has 2 heterocycles. The molecule has 1 aliphatic carbocycles. The first-order valence-electron chi connectivity index (χ1n) is 9.83. The molecule has 2 bridgehead atoms. The van der Waals surface area contributed by atoms with Gasteiger partial charge in [-0.15, -0.1) is 12.4 Å². The molecule has 5 heteroatoms. The average Bonchev–Trinajstić information content (AvgIpc) is 3.23. The number of benzene rings is 1. The van der Waals surface area contributed by atoms with Gasteiger partial charge >= 0.3 is 0 Å². The smallest absolute Gasteiger partial charge is 0.230 e. The highest BCUT2D eigenvalue weighted by Gasteiger charge is 2.44. The number of ether oxygens (including phenoxy) is 1. The Labute approximate surface area is 162 Å². The van der Waals surface area contributed by atoms with Crippen molar-refractivity contribution in [1.29, 1.82) is 0 Å². The van der Waals surface area contributed by atoms with Crippen molar-refractivity contribution in [3.05, 3.63) is 29.3 Å². The van der Waals surface area contributed by atoms with E-state index in [2.05, 4.69) is 35.8 Å². The van der Waals surface area contributed by atoms with Crippen molar-refractivity contribution in [2.24, 2.45) is 0 Å². The SMILES string of the molecule is COc1cc(C2(C(=O)NC3CC4CCC(C3)N4)CCCC2)ccc1C.Cl. The number of aryl methyl sites for hydroxylation is 1. The number of fused-ring (bicyclic) bond motifs is 2. The van der Waals surface area contributed by atoms with E-state index in [0.717, 1.165) is 55.4 Å². The highest BCUT2D eigenvalue weighted by Crippen LogP contribution is 2.43. The minimum Gasteiger partial charge on any atom is -0.496 e. The zero-order chi connectivity index (χ0) is 17.4. The van der Waals surface area contributed by atoms with Crippen LogP contribution in [0.1, 0.15) is 62.5 Å². The summed E-state index contributed by atoms with van der Waals surface area (Å²) in [5.41, 5.74) is 1.88. The number of carbonyl (C=O) groups excluding carboxylic acids is 1. The van der Waals surface area contributed by atoms with E-state index < -0.39 is 0 Å². The largest absolute Gasteiger partial charge is 0.496 e. The summed E-state index contributed by atoms with van der Waals surface area (Å²) in [6.07, 6.45) is 8.83. The Kier molecular flexibility index (Phi) is 5.83. The molecule has 2 saturated heterocycles. The van der Waals surface area contributed by atoms with E-state index in [9.17, 15) is 4.79 Å². The van der Waals surface area contributed by atoms with Gasteiger partial charge < -0.3 is 15.4 Å². The van der Waals surface area contributed by atoms with Crippen LogP contribution in [0, 0.1) is 6.92 Å². The molecule has 144 valence electrons. The third-order valence-electron chi connectivity index (χ3n) is 6.66. The number of hydrogen-bond acceptors (Lipinski definition) is 3. The van der Waals surface area contributed by atoms with Gasteiger partial charge in [0, 0.05) is 18.1 Å². The van der Waals surface area contributed by atoms with Crippen molar-refractivity contribution >= 4 is 18.3 Å². The minimum absolute atomic E-state index is 0. The van der Waals surface area contributed by atoms with Crippen LogP contribution in [0.15, 0.2) is 18.2 Å². The fraction of sp³-hybridized carbons (Fsp3) is 0.667. The molecule has 2 atom stereocenters. The first-order chi connectivity index (χ1) is 12.1. The van der Waals surface area contributed by atoms with Gasteiger partial charge in [0.2, 0.25) is 5.91 Å². The highest BCUT2D eigenvalue weighted by molar-refractivity contribution is 5.89. The molecule has 1 aromatic carbocycles. The summed E-state index contributed by atoms with van der Waals surface area (Å²) in [6.45, 7) is 2.05. The summed E-state index contributed by atoms with van der Waals surface area (Å²) in [4.78, 5) is 13.4. The van der Waals surface area contributed by atoms with Gasteiger partial charge in [-0.2, -0.15) is 0 Å². The Morgan fingerprint density at radius 3 is 2.46 bits per heavy atom. The quantitative estimate of drug-likeness (QED) is 0.841. The van der Waals surface area contributed by atoms with Crippen molar-refractivity contribution in [1.82, 2.24) is 10.6 Å². The van der Waals surface area contributed by atoms with Crippen LogP contribution in [0.5, 0.6) is 5.75 Å². The monoisotopic (exact) mass is 378 g/mol. The topological polar surface area (TPSA) is 50.4 Å². The second-order valence-corrected chi connectivity index (χ2v) is 8.25. The number of rotatable bonds is 4. The standard InChI is InChI=1S/C21H30N2O2.ClH/c1-14-5-6-15(11-19(14)25-2)21(9-3-4-10-21)20(24)23-18-12-16-7-8-17(13-18)22-16;/h5-6,11,16-18,22H,3-4,7-10,12-13H2,1-2H3,(H,23,24);1H. The molecular formula is C21H31ClN2O2. The summed E-state index contributed by atoms with van der Waals surface area (Å²) >= 11 is 0. The lowest BCUT2D eigenvalue weighted by Crippen LogP contribution is -2.52. The molecule has 1 aromatic rings. The van der Waals surface area contributed by atoms with Crippen LogP contribution >= 0.6 is 12.4 Å². The third kappa shape index (κ3) is 3.46. The Bertz CT molecular complexity index is 645. The highest BCUT2D eigenvalue weighted by atomic mass is 35.5. The predicted octanol–water partition coefficient (Wildman–Crippen LogP) is 3.64. The molecule has 4 nitrogen and oxygen atoms in total. The maximum absolute atomic E-state index is 13.4. The van der Waals surface area contributed by atoms with Crippen LogP contribution < -0.4 is 15.4 Å². The van der Waals surface area contributed by atoms with Crippen LogP contribution in [0.2, 0.25) is 0 Å². The van der Waals surface area contributed by atoms with E-state index in [0.29, 0.717) is 18.1 Å². The van der Waals surface area contributed by atoms with Gasteiger partial charge in [0.15, 0.2) is 0 Å². The number of hydrogen-bond donors (Lipinski definition) is 2. The number of nitrogens with one attached hydrogen (secondary N) is 2. The molecule has 0 radical (unpaired) electrons. The average molecular weight is 379 g/mol. The van der Waals surface area contributed by atoms with E-state index in [1.807, 2.05) is 0 Å². The van der Waals surface area contributed by atoms with Crippen LogP contribution in [0.4, 0.5) is 0 Å². The Hall–Kier alpha value is -1.26. The maximum Gasteiger partial charge on any atom is 0.230 e. The molecule has 26 heavy (non-hydrogen) atoms. The molecule has 2 aliphatic heterocycles. The molecule has 0 aromatic heterocycles. The predicted molar refractivity (Wildman–Crippen MR) is 106 cm³/mol. The zero-order valence-corrected chi connectivity index (χ0v) is 16.7. The lowest BCUT2D eigenvalue weighted by atomic mass is 9.77. The first kappa shape index (κ1) is 19.5. The Balaban J connectivity index is 0.00000196. The van der Waals surface area contributed by atoms with Gasteiger partial charge in [0.05, 0.1) is 12.5 Å². The molecule has 3 aliphatic rings. The zero-order valence-electron chi connectivity index (χ0n) is 15.8. The second kappa shape index (κ2) is 7.77. The number of amides is 1. The van der Waals surface area contributed by atoms with Gasteiger partial charge in [-0.3, -0.25) is 4.79 Å². The fourth-order valence-electron chi connectivity index (χ4n) is 5.24. The van der Waals surface area contributed by atoms with Crippen molar-refractivity contribution in [2.45, 2.75) is 81.8 Å².